The molecule has 1 heterocycles. The van der Waals surface area contributed by atoms with Gasteiger partial charge in [-0.1, -0.05) is 13.3 Å². The maximum absolute atomic E-state index is 2.67. The molecule has 1 fully saturated rings. The highest BCUT2D eigenvalue weighted by molar-refractivity contribution is 4.59. The van der Waals surface area contributed by atoms with Gasteiger partial charge in [0.2, 0.25) is 0 Å². The van der Waals surface area contributed by atoms with Gasteiger partial charge in [0.1, 0.15) is 6.04 Å². The van der Waals surface area contributed by atoms with E-state index in [4.69, 9.17) is 0 Å². The SMILES string of the molecule is CCCC[N+](C)(C(C)C)N1CCCC1. The summed E-state index contributed by atoms with van der Waals surface area (Å²) in [5, 5.41) is 2.67. The van der Waals surface area contributed by atoms with E-state index in [0.29, 0.717) is 0 Å². The van der Waals surface area contributed by atoms with Gasteiger partial charge in [0.05, 0.1) is 13.6 Å². The fraction of sp³-hybridized carbons (Fsp3) is 1.00. The Labute approximate surface area is 89.4 Å². The van der Waals surface area contributed by atoms with Crippen LogP contribution in [0.3, 0.4) is 0 Å². The molecule has 0 bridgehead atoms. The number of unbranched alkanes of at least 4 members (excludes halogenated alkanes) is 1. The summed E-state index contributed by atoms with van der Waals surface area (Å²) in [6.07, 6.45) is 5.46. The Hall–Kier alpha value is -0.0800. The molecule has 1 saturated heterocycles. The van der Waals surface area contributed by atoms with Crippen LogP contribution in [0.25, 0.3) is 0 Å². The fourth-order valence-electron chi connectivity index (χ4n) is 2.36. The number of quaternary nitrogens is 1. The third-order valence-electron chi connectivity index (χ3n) is 3.81. The third kappa shape index (κ3) is 2.48. The molecule has 0 aromatic rings. The highest BCUT2D eigenvalue weighted by atomic mass is 15.8. The van der Waals surface area contributed by atoms with Crippen LogP contribution in [0.5, 0.6) is 0 Å². The van der Waals surface area contributed by atoms with E-state index in [2.05, 4.69) is 32.8 Å². The van der Waals surface area contributed by atoms with E-state index in [0.717, 1.165) is 10.6 Å². The van der Waals surface area contributed by atoms with Crippen molar-refractivity contribution in [2.24, 2.45) is 0 Å². The smallest absolute Gasteiger partial charge is 0.101 e. The van der Waals surface area contributed by atoms with Crippen molar-refractivity contribution in [3.63, 3.8) is 0 Å². The van der Waals surface area contributed by atoms with Crippen molar-refractivity contribution in [3.8, 4) is 0 Å². The van der Waals surface area contributed by atoms with Crippen molar-refractivity contribution >= 4 is 0 Å². The van der Waals surface area contributed by atoms with Crippen LogP contribution >= 0.6 is 0 Å². The first-order valence-electron chi connectivity index (χ1n) is 6.22. The average Bonchev–Trinajstić information content (AvgIpc) is 2.66. The number of hydrogen-bond donors (Lipinski definition) is 0. The molecule has 1 aliphatic rings. The highest BCUT2D eigenvalue weighted by Crippen LogP contribution is 2.22. The maximum Gasteiger partial charge on any atom is 0.101 e. The quantitative estimate of drug-likeness (QED) is 0.615. The molecule has 0 N–H and O–H groups in total. The molecule has 0 saturated carbocycles. The molecular formula is C12H27N2+. The summed E-state index contributed by atoms with van der Waals surface area (Å²) >= 11 is 0. The Morgan fingerprint density at radius 3 is 2.21 bits per heavy atom. The fourth-order valence-corrected chi connectivity index (χ4v) is 2.36. The zero-order valence-electron chi connectivity index (χ0n) is 10.4. The number of rotatable bonds is 5. The van der Waals surface area contributed by atoms with Gasteiger partial charge in [0.25, 0.3) is 0 Å². The van der Waals surface area contributed by atoms with Crippen LogP contribution in [0, 0.1) is 0 Å². The lowest BCUT2D eigenvalue weighted by molar-refractivity contribution is -1.03. The second-order valence-electron chi connectivity index (χ2n) is 5.05. The van der Waals surface area contributed by atoms with Crippen LogP contribution in [0.1, 0.15) is 46.5 Å². The molecule has 0 aromatic carbocycles. The van der Waals surface area contributed by atoms with Gasteiger partial charge >= 0.3 is 0 Å². The second kappa shape index (κ2) is 5.13. The van der Waals surface area contributed by atoms with Crippen molar-refractivity contribution in [1.82, 2.24) is 5.01 Å². The summed E-state index contributed by atoms with van der Waals surface area (Å²) in [5.41, 5.74) is 0. The molecule has 1 unspecified atom stereocenters. The van der Waals surface area contributed by atoms with Crippen molar-refractivity contribution in [3.05, 3.63) is 0 Å². The predicted molar refractivity (Wildman–Crippen MR) is 61.9 cm³/mol. The van der Waals surface area contributed by atoms with Crippen LogP contribution in [0.15, 0.2) is 0 Å². The van der Waals surface area contributed by atoms with E-state index >= 15 is 0 Å². The molecule has 0 aromatic heterocycles. The summed E-state index contributed by atoms with van der Waals surface area (Å²) in [4.78, 5) is 0. The van der Waals surface area contributed by atoms with Gasteiger partial charge in [0.15, 0.2) is 0 Å². The largest absolute Gasteiger partial charge is 0.244 e. The predicted octanol–water partition coefficient (Wildman–Crippen LogP) is 2.65. The zero-order valence-corrected chi connectivity index (χ0v) is 10.4. The van der Waals surface area contributed by atoms with Crippen molar-refractivity contribution in [2.75, 3.05) is 26.7 Å². The van der Waals surface area contributed by atoms with Gasteiger partial charge in [-0.2, -0.15) is 5.01 Å². The molecule has 2 nitrogen and oxygen atoms in total. The Kier molecular flexibility index (Phi) is 4.39. The molecular weight excluding hydrogens is 172 g/mol. The number of nitrogens with zero attached hydrogens (tertiary/aromatic N) is 2. The van der Waals surface area contributed by atoms with Gasteiger partial charge in [-0.15, -0.1) is 0 Å². The Morgan fingerprint density at radius 2 is 1.79 bits per heavy atom. The van der Waals surface area contributed by atoms with Gasteiger partial charge in [-0.3, -0.25) is 0 Å². The summed E-state index contributed by atoms with van der Waals surface area (Å²) in [7, 11) is 2.41. The summed E-state index contributed by atoms with van der Waals surface area (Å²) in [5.74, 6) is 0. The van der Waals surface area contributed by atoms with E-state index in [9.17, 15) is 0 Å². The van der Waals surface area contributed by atoms with Gasteiger partial charge in [-0.05, 0) is 33.1 Å². The molecule has 0 radical (unpaired) electrons. The minimum absolute atomic E-state index is 0.722. The van der Waals surface area contributed by atoms with Crippen molar-refractivity contribution in [2.45, 2.75) is 52.5 Å². The minimum Gasteiger partial charge on any atom is -0.244 e. The summed E-state index contributed by atoms with van der Waals surface area (Å²) in [6.45, 7) is 10.9. The second-order valence-corrected chi connectivity index (χ2v) is 5.05. The van der Waals surface area contributed by atoms with Crippen LogP contribution in [0.2, 0.25) is 0 Å². The highest BCUT2D eigenvalue weighted by Gasteiger charge is 2.35. The molecule has 14 heavy (non-hydrogen) atoms. The lowest BCUT2D eigenvalue weighted by atomic mass is 10.2. The Bertz CT molecular complexity index is 162. The molecule has 84 valence electrons. The third-order valence-corrected chi connectivity index (χ3v) is 3.81. The molecule has 1 rings (SSSR count). The first kappa shape index (κ1) is 12.0. The molecule has 1 aliphatic heterocycles. The monoisotopic (exact) mass is 199 g/mol. The Morgan fingerprint density at radius 1 is 1.21 bits per heavy atom. The summed E-state index contributed by atoms with van der Waals surface area (Å²) in [6, 6.07) is 0.722. The molecule has 0 spiro atoms. The van der Waals surface area contributed by atoms with E-state index < -0.39 is 0 Å². The van der Waals surface area contributed by atoms with Crippen molar-refractivity contribution < 1.29 is 4.59 Å². The van der Waals surface area contributed by atoms with Gasteiger partial charge < -0.3 is 0 Å². The van der Waals surface area contributed by atoms with Crippen LogP contribution in [0.4, 0.5) is 0 Å². The standard InChI is InChI=1S/C12H27N2/c1-5-6-11-14(4,12(2)3)13-9-7-8-10-13/h12H,5-11H2,1-4H3/q+1. The van der Waals surface area contributed by atoms with E-state index in [1.54, 1.807) is 0 Å². The lowest BCUT2D eigenvalue weighted by Gasteiger charge is -2.44. The molecule has 1 atom stereocenters. The first-order valence-corrected chi connectivity index (χ1v) is 6.22. The van der Waals surface area contributed by atoms with Crippen LogP contribution in [-0.4, -0.2) is 42.3 Å². The lowest BCUT2D eigenvalue weighted by Crippen LogP contribution is -2.60. The van der Waals surface area contributed by atoms with Crippen LogP contribution < -0.4 is 0 Å². The van der Waals surface area contributed by atoms with Gasteiger partial charge in [-0.25, -0.2) is 4.59 Å². The summed E-state index contributed by atoms with van der Waals surface area (Å²) < 4.78 is 1.16. The molecule has 0 amide bonds. The topological polar surface area (TPSA) is 3.24 Å². The van der Waals surface area contributed by atoms with Crippen LogP contribution in [-0.2, 0) is 0 Å². The first-order chi connectivity index (χ1) is 6.61. The molecule has 0 aliphatic carbocycles. The average molecular weight is 199 g/mol. The van der Waals surface area contributed by atoms with Gasteiger partial charge in [0, 0.05) is 13.1 Å². The van der Waals surface area contributed by atoms with E-state index in [1.807, 2.05) is 0 Å². The zero-order chi connectivity index (χ0) is 10.6. The van der Waals surface area contributed by atoms with E-state index in [-0.39, 0.29) is 0 Å². The van der Waals surface area contributed by atoms with E-state index in [1.165, 1.54) is 45.3 Å². The normalized spacial score (nSPS) is 22.9. The maximum atomic E-state index is 2.67. The molecule has 2 heteroatoms. The number of hydrogen-bond acceptors (Lipinski definition) is 1. The minimum atomic E-state index is 0.722. The Balaban J connectivity index is 2.59. The van der Waals surface area contributed by atoms with Crippen molar-refractivity contribution in [1.29, 1.82) is 0 Å².